The van der Waals surface area contributed by atoms with E-state index in [1.165, 1.54) is 33.6 Å². The van der Waals surface area contributed by atoms with Crippen molar-refractivity contribution in [1.29, 1.82) is 0 Å². The standard InChI is InChI=1S/C16H24N4O2S2.ClH/c1-11(2)13(17)4-5-19(3)15(22)10-23-9-12-8-14(21)20-6-7-24-16(20)18-12;/h6-8,11,13H,4-5,9-10,17H2,1-3H3;1H. The summed E-state index contributed by atoms with van der Waals surface area (Å²) in [5.41, 5.74) is 6.64. The van der Waals surface area contributed by atoms with Crippen molar-refractivity contribution in [3.8, 4) is 0 Å². The van der Waals surface area contributed by atoms with E-state index >= 15 is 0 Å². The van der Waals surface area contributed by atoms with Gasteiger partial charge in [-0.05, 0) is 12.3 Å². The van der Waals surface area contributed by atoms with Crippen LogP contribution in [0.3, 0.4) is 0 Å². The van der Waals surface area contributed by atoms with Crippen LogP contribution in [0.4, 0.5) is 0 Å². The third kappa shape index (κ3) is 6.29. The quantitative estimate of drug-likeness (QED) is 0.729. The molecule has 0 aliphatic carbocycles. The fourth-order valence-corrected chi connectivity index (χ4v) is 3.71. The fourth-order valence-electron chi connectivity index (χ4n) is 2.12. The fraction of sp³-hybridized carbons (Fsp3) is 0.562. The Morgan fingerprint density at radius 2 is 2.20 bits per heavy atom. The minimum Gasteiger partial charge on any atom is -0.345 e. The zero-order valence-electron chi connectivity index (χ0n) is 14.7. The van der Waals surface area contributed by atoms with Gasteiger partial charge in [0.1, 0.15) is 0 Å². The maximum absolute atomic E-state index is 12.1. The summed E-state index contributed by atoms with van der Waals surface area (Å²) in [7, 11) is 1.80. The highest BCUT2D eigenvalue weighted by molar-refractivity contribution is 7.99. The van der Waals surface area contributed by atoms with E-state index in [-0.39, 0.29) is 29.9 Å². The maximum Gasteiger partial charge on any atom is 0.258 e. The van der Waals surface area contributed by atoms with Crippen molar-refractivity contribution in [1.82, 2.24) is 14.3 Å². The third-order valence-corrected chi connectivity index (χ3v) is 5.62. The van der Waals surface area contributed by atoms with Crippen LogP contribution >= 0.6 is 35.5 Å². The molecule has 2 aromatic rings. The van der Waals surface area contributed by atoms with E-state index in [4.69, 9.17) is 5.73 Å². The number of thioether (sulfide) groups is 1. The van der Waals surface area contributed by atoms with Gasteiger partial charge >= 0.3 is 0 Å². The number of hydrogen-bond donors (Lipinski definition) is 1. The average molecular weight is 405 g/mol. The molecule has 1 atom stereocenters. The summed E-state index contributed by atoms with van der Waals surface area (Å²) >= 11 is 2.90. The van der Waals surface area contributed by atoms with E-state index in [0.29, 0.717) is 34.6 Å². The first kappa shape index (κ1) is 22.0. The van der Waals surface area contributed by atoms with E-state index in [9.17, 15) is 9.59 Å². The molecule has 0 spiro atoms. The van der Waals surface area contributed by atoms with Crippen molar-refractivity contribution in [2.45, 2.75) is 32.1 Å². The number of fused-ring (bicyclic) bond motifs is 1. The predicted molar refractivity (Wildman–Crippen MR) is 108 cm³/mol. The Labute approximate surface area is 162 Å². The number of carbonyl (C=O) groups is 1. The lowest BCUT2D eigenvalue weighted by Crippen LogP contribution is -2.35. The molecule has 2 heterocycles. The molecule has 0 saturated carbocycles. The lowest BCUT2D eigenvalue weighted by molar-refractivity contribution is -0.127. The molecule has 0 aliphatic heterocycles. The van der Waals surface area contributed by atoms with Gasteiger partial charge in [-0.3, -0.25) is 14.0 Å². The molecule has 0 aromatic carbocycles. The summed E-state index contributed by atoms with van der Waals surface area (Å²) in [5.74, 6) is 1.42. The normalized spacial score (nSPS) is 12.2. The molecule has 0 saturated heterocycles. The van der Waals surface area contributed by atoms with Crippen molar-refractivity contribution >= 4 is 46.4 Å². The van der Waals surface area contributed by atoms with Crippen LogP contribution in [0.15, 0.2) is 22.4 Å². The summed E-state index contributed by atoms with van der Waals surface area (Å²) in [5, 5.41) is 1.83. The van der Waals surface area contributed by atoms with Crippen LogP contribution in [0.2, 0.25) is 0 Å². The molecule has 140 valence electrons. The van der Waals surface area contributed by atoms with Crippen molar-refractivity contribution in [2.24, 2.45) is 11.7 Å². The molecule has 2 N–H and O–H groups in total. The molecular formula is C16H25ClN4O2S2. The Hall–Kier alpha value is -1.09. The van der Waals surface area contributed by atoms with Crippen LogP contribution in [-0.2, 0) is 10.5 Å². The van der Waals surface area contributed by atoms with Gasteiger partial charge in [0.05, 0.1) is 11.4 Å². The molecule has 2 rings (SSSR count). The summed E-state index contributed by atoms with van der Waals surface area (Å²) in [6, 6.07) is 1.64. The number of amides is 1. The molecule has 0 bridgehead atoms. The van der Waals surface area contributed by atoms with Crippen LogP contribution in [-0.4, -0.2) is 45.6 Å². The largest absolute Gasteiger partial charge is 0.345 e. The van der Waals surface area contributed by atoms with Crippen molar-refractivity contribution in [3.05, 3.63) is 33.7 Å². The minimum absolute atomic E-state index is 0. The summed E-state index contributed by atoms with van der Waals surface area (Å²) in [4.78, 5) is 30.9. The first-order valence-electron chi connectivity index (χ1n) is 7.91. The zero-order valence-corrected chi connectivity index (χ0v) is 17.1. The molecule has 2 aromatic heterocycles. The van der Waals surface area contributed by atoms with Gasteiger partial charge in [-0.2, -0.15) is 0 Å². The van der Waals surface area contributed by atoms with E-state index in [1.807, 2.05) is 5.38 Å². The third-order valence-electron chi connectivity index (χ3n) is 3.91. The molecule has 0 fully saturated rings. The van der Waals surface area contributed by atoms with Gasteiger partial charge in [-0.25, -0.2) is 4.98 Å². The zero-order chi connectivity index (χ0) is 17.7. The number of nitrogens with zero attached hydrogens (tertiary/aromatic N) is 3. The number of nitrogens with two attached hydrogens (primary N) is 1. The van der Waals surface area contributed by atoms with E-state index in [1.54, 1.807) is 18.1 Å². The molecule has 1 amide bonds. The smallest absolute Gasteiger partial charge is 0.258 e. The van der Waals surface area contributed by atoms with Crippen molar-refractivity contribution in [2.75, 3.05) is 19.3 Å². The number of halogens is 1. The molecule has 1 unspecified atom stereocenters. The van der Waals surface area contributed by atoms with Crippen molar-refractivity contribution in [3.63, 3.8) is 0 Å². The minimum atomic E-state index is -0.0806. The Balaban J connectivity index is 0.00000312. The Morgan fingerprint density at radius 3 is 2.88 bits per heavy atom. The Bertz CT molecular complexity index is 747. The van der Waals surface area contributed by atoms with Gasteiger partial charge < -0.3 is 10.6 Å². The highest BCUT2D eigenvalue weighted by atomic mass is 35.5. The lowest BCUT2D eigenvalue weighted by atomic mass is 10.0. The molecule has 9 heteroatoms. The number of hydrogen-bond acceptors (Lipinski definition) is 6. The van der Waals surface area contributed by atoms with E-state index in [2.05, 4.69) is 18.8 Å². The van der Waals surface area contributed by atoms with Gasteiger partial charge in [0, 0.05) is 43.0 Å². The van der Waals surface area contributed by atoms with Gasteiger partial charge in [0.2, 0.25) is 5.91 Å². The number of carbonyl (C=O) groups excluding carboxylic acids is 1. The van der Waals surface area contributed by atoms with Gasteiger partial charge in [-0.15, -0.1) is 35.5 Å². The van der Waals surface area contributed by atoms with Crippen LogP contribution in [0.1, 0.15) is 26.0 Å². The monoisotopic (exact) mass is 404 g/mol. The Kier molecular flexibility index (Phi) is 8.92. The number of thiazole rings is 1. The highest BCUT2D eigenvalue weighted by Crippen LogP contribution is 2.13. The number of rotatable bonds is 8. The molecule has 0 aliphatic rings. The van der Waals surface area contributed by atoms with Gasteiger partial charge in [-0.1, -0.05) is 13.8 Å². The number of aromatic nitrogens is 2. The average Bonchev–Trinajstić information content (AvgIpc) is 3.01. The van der Waals surface area contributed by atoms with Crippen LogP contribution in [0.5, 0.6) is 0 Å². The molecule has 25 heavy (non-hydrogen) atoms. The SMILES string of the molecule is CC(C)C(N)CCN(C)C(=O)CSCc1cc(=O)n2ccsc2n1.Cl. The maximum atomic E-state index is 12.1. The Morgan fingerprint density at radius 1 is 1.48 bits per heavy atom. The first-order valence-corrected chi connectivity index (χ1v) is 9.95. The van der Waals surface area contributed by atoms with Crippen molar-refractivity contribution < 1.29 is 4.79 Å². The van der Waals surface area contributed by atoms with E-state index < -0.39 is 0 Å². The highest BCUT2D eigenvalue weighted by Gasteiger charge is 2.13. The second-order valence-electron chi connectivity index (χ2n) is 6.15. The van der Waals surface area contributed by atoms with Gasteiger partial charge in [0.15, 0.2) is 4.96 Å². The van der Waals surface area contributed by atoms with Crippen LogP contribution in [0.25, 0.3) is 4.96 Å². The summed E-state index contributed by atoms with van der Waals surface area (Å²) in [6.07, 6.45) is 2.52. The second kappa shape index (κ2) is 10.2. The lowest BCUT2D eigenvalue weighted by Gasteiger charge is -2.21. The van der Waals surface area contributed by atoms with Crippen LogP contribution < -0.4 is 11.3 Å². The first-order chi connectivity index (χ1) is 11.4. The topological polar surface area (TPSA) is 80.7 Å². The molecule has 6 nitrogen and oxygen atoms in total. The summed E-state index contributed by atoms with van der Waals surface area (Å²) < 4.78 is 1.52. The van der Waals surface area contributed by atoms with Gasteiger partial charge in [0.25, 0.3) is 5.56 Å². The van der Waals surface area contributed by atoms with Crippen LogP contribution in [0, 0.1) is 5.92 Å². The predicted octanol–water partition coefficient (Wildman–Crippen LogP) is 2.24. The second-order valence-corrected chi connectivity index (χ2v) is 8.00. The molecular weight excluding hydrogens is 380 g/mol. The summed E-state index contributed by atoms with van der Waals surface area (Å²) in [6.45, 7) is 4.84. The molecule has 0 radical (unpaired) electrons. The van der Waals surface area contributed by atoms with E-state index in [0.717, 1.165) is 6.42 Å².